The molecule has 2 aromatic carbocycles. The van der Waals surface area contributed by atoms with Crippen LogP contribution in [0.15, 0.2) is 42.1 Å². The van der Waals surface area contributed by atoms with Crippen molar-refractivity contribution in [3.63, 3.8) is 0 Å². The van der Waals surface area contributed by atoms with Crippen molar-refractivity contribution in [3.05, 3.63) is 57.8 Å². The van der Waals surface area contributed by atoms with Gasteiger partial charge in [-0.1, -0.05) is 30.3 Å². The van der Waals surface area contributed by atoms with Crippen LogP contribution in [0.4, 0.5) is 5.69 Å². The van der Waals surface area contributed by atoms with Crippen molar-refractivity contribution in [2.24, 2.45) is 0 Å². The molecule has 0 fully saturated rings. The summed E-state index contributed by atoms with van der Waals surface area (Å²) in [5, 5.41) is 12.9. The molecule has 2 rings (SSSR count). The zero-order chi connectivity index (χ0) is 14.0. The minimum absolute atomic E-state index is 0.140. The van der Waals surface area contributed by atoms with E-state index in [1.54, 1.807) is 6.08 Å². The lowest BCUT2D eigenvalue weighted by Gasteiger charge is -2.16. The largest absolute Gasteiger partial charge is 0.377 e. The number of fused-ring (bicyclic) bond motifs is 1. The Balaban J connectivity index is 2.74. The van der Waals surface area contributed by atoms with Crippen LogP contribution in [0.2, 0.25) is 0 Å². The van der Waals surface area contributed by atoms with Gasteiger partial charge in [-0.2, -0.15) is 0 Å². The Labute approximate surface area is 112 Å². The zero-order valence-electron chi connectivity index (χ0n) is 11.3. The SMILES string of the molecule is C/C(=C\c1cccc2cccc(N(C)C)c12)[N+](=O)[O-]. The number of benzene rings is 2. The molecule has 0 heterocycles. The van der Waals surface area contributed by atoms with Gasteiger partial charge in [0.15, 0.2) is 0 Å². The molecule has 0 aliphatic heterocycles. The van der Waals surface area contributed by atoms with Crippen molar-refractivity contribution in [2.75, 3.05) is 19.0 Å². The highest BCUT2D eigenvalue weighted by Crippen LogP contribution is 2.30. The minimum atomic E-state index is -0.364. The topological polar surface area (TPSA) is 46.4 Å². The Morgan fingerprint density at radius 3 is 2.42 bits per heavy atom. The zero-order valence-corrected chi connectivity index (χ0v) is 11.3. The molecule has 98 valence electrons. The van der Waals surface area contributed by atoms with E-state index in [0.717, 1.165) is 22.0 Å². The van der Waals surface area contributed by atoms with E-state index in [2.05, 4.69) is 0 Å². The van der Waals surface area contributed by atoms with Gasteiger partial charge in [0, 0.05) is 38.2 Å². The van der Waals surface area contributed by atoms with E-state index >= 15 is 0 Å². The summed E-state index contributed by atoms with van der Waals surface area (Å²) in [4.78, 5) is 12.4. The van der Waals surface area contributed by atoms with Gasteiger partial charge in [0.25, 0.3) is 0 Å². The van der Waals surface area contributed by atoms with Crippen LogP contribution in [0, 0.1) is 10.1 Å². The van der Waals surface area contributed by atoms with Crippen LogP contribution in [0.5, 0.6) is 0 Å². The first-order chi connectivity index (χ1) is 9.00. The average molecular weight is 256 g/mol. The second kappa shape index (κ2) is 5.10. The highest BCUT2D eigenvalue weighted by molar-refractivity contribution is 6.00. The number of rotatable bonds is 3. The van der Waals surface area contributed by atoms with Crippen LogP contribution in [-0.2, 0) is 0 Å². The van der Waals surface area contributed by atoms with Gasteiger partial charge in [0.05, 0.1) is 4.92 Å². The molecule has 4 nitrogen and oxygen atoms in total. The van der Waals surface area contributed by atoms with E-state index < -0.39 is 0 Å². The number of nitro groups is 1. The molecule has 0 spiro atoms. The fourth-order valence-electron chi connectivity index (χ4n) is 2.12. The van der Waals surface area contributed by atoms with Crippen LogP contribution < -0.4 is 4.90 Å². The third-order valence-electron chi connectivity index (χ3n) is 3.05. The fourth-order valence-corrected chi connectivity index (χ4v) is 2.12. The van der Waals surface area contributed by atoms with Gasteiger partial charge in [0.2, 0.25) is 5.70 Å². The molecular formula is C15H16N2O2. The molecule has 2 aromatic rings. The molecule has 4 heteroatoms. The lowest BCUT2D eigenvalue weighted by Crippen LogP contribution is -2.09. The summed E-state index contributed by atoms with van der Waals surface area (Å²) in [6.07, 6.45) is 1.62. The monoisotopic (exact) mass is 256 g/mol. The summed E-state index contributed by atoms with van der Waals surface area (Å²) in [7, 11) is 3.94. The maximum Gasteiger partial charge on any atom is 0.243 e. The molecule has 0 saturated heterocycles. The van der Waals surface area contributed by atoms with Crippen LogP contribution in [-0.4, -0.2) is 19.0 Å². The standard InChI is InChI=1S/C15H16N2O2/c1-11(17(18)19)10-13-8-4-6-12-7-5-9-14(15(12)13)16(2)3/h4-10H,1-3H3/b11-10+. The number of nitrogens with zero attached hydrogens (tertiary/aromatic N) is 2. The Morgan fingerprint density at radius 2 is 1.84 bits per heavy atom. The normalized spacial score (nSPS) is 11.6. The Morgan fingerprint density at radius 1 is 1.21 bits per heavy atom. The summed E-state index contributed by atoms with van der Waals surface area (Å²) in [5.74, 6) is 0. The van der Waals surface area contributed by atoms with Crippen molar-refractivity contribution in [1.82, 2.24) is 0 Å². The average Bonchev–Trinajstić information content (AvgIpc) is 2.38. The predicted molar refractivity (Wildman–Crippen MR) is 78.9 cm³/mol. The van der Waals surface area contributed by atoms with Gasteiger partial charge in [0.1, 0.15) is 0 Å². The van der Waals surface area contributed by atoms with Crippen molar-refractivity contribution in [1.29, 1.82) is 0 Å². The van der Waals surface area contributed by atoms with Gasteiger partial charge in [-0.3, -0.25) is 10.1 Å². The number of allylic oxidation sites excluding steroid dienone is 1. The summed E-state index contributed by atoms with van der Waals surface area (Å²) in [6.45, 7) is 1.51. The molecule has 0 aliphatic carbocycles. The fraction of sp³-hybridized carbons (Fsp3) is 0.200. The first-order valence-corrected chi connectivity index (χ1v) is 6.02. The molecule has 0 bridgehead atoms. The van der Waals surface area contributed by atoms with Crippen molar-refractivity contribution < 1.29 is 4.92 Å². The number of anilines is 1. The highest BCUT2D eigenvalue weighted by Gasteiger charge is 2.09. The quantitative estimate of drug-likeness (QED) is 0.623. The van der Waals surface area contributed by atoms with Gasteiger partial charge < -0.3 is 4.90 Å². The lowest BCUT2D eigenvalue weighted by molar-refractivity contribution is -0.422. The Bertz CT molecular complexity index is 655. The second-order valence-electron chi connectivity index (χ2n) is 4.66. The van der Waals surface area contributed by atoms with E-state index in [1.807, 2.05) is 55.4 Å². The first kappa shape index (κ1) is 13.1. The summed E-state index contributed by atoms with van der Waals surface area (Å²) in [5.41, 5.74) is 2.07. The summed E-state index contributed by atoms with van der Waals surface area (Å²) >= 11 is 0. The summed E-state index contributed by atoms with van der Waals surface area (Å²) < 4.78 is 0. The maximum atomic E-state index is 10.8. The van der Waals surface area contributed by atoms with Gasteiger partial charge in [-0.25, -0.2) is 0 Å². The van der Waals surface area contributed by atoms with Crippen molar-refractivity contribution in [3.8, 4) is 0 Å². The van der Waals surface area contributed by atoms with Crippen LogP contribution in [0.25, 0.3) is 16.8 Å². The van der Waals surface area contributed by atoms with Crippen LogP contribution in [0.3, 0.4) is 0 Å². The number of hydrogen-bond acceptors (Lipinski definition) is 3. The van der Waals surface area contributed by atoms with Gasteiger partial charge in [-0.05, 0) is 17.0 Å². The molecule has 19 heavy (non-hydrogen) atoms. The predicted octanol–water partition coefficient (Wildman–Crippen LogP) is 3.54. The summed E-state index contributed by atoms with van der Waals surface area (Å²) in [6, 6.07) is 11.9. The number of hydrogen-bond donors (Lipinski definition) is 0. The third kappa shape index (κ3) is 2.57. The molecule has 0 atom stereocenters. The Kier molecular flexibility index (Phi) is 3.51. The van der Waals surface area contributed by atoms with E-state index in [4.69, 9.17) is 0 Å². The molecule has 0 unspecified atom stereocenters. The minimum Gasteiger partial charge on any atom is -0.377 e. The molecule has 0 N–H and O–H groups in total. The van der Waals surface area contributed by atoms with Gasteiger partial charge >= 0.3 is 0 Å². The van der Waals surface area contributed by atoms with E-state index in [0.29, 0.717) is 0 Å². The Hall–Kier alpha value is -2.36. The van der Waals surface area contributed by atoms with Crippen molar-refractivity contribution in [2.45, 2.75) is 6.92 Å². The highest BCUT2D eigenvalue weighted by atomic mass is 16.6. The second-order valence-corrected chi connectivity index (χ2v) is 4.66. The van der Waals surface area contributed by atoms with Crippen LogP contribution >= 0.6 is 0 Å². The molecule has 0 aliphatic rings. The molecule has 0 amide bonds. The van der Waals surface area contributed by atoms with Crippen molar-refractivity contribution >= 4 is 22.5 Å². The molecular weight excluding hydrogens is 240 g/mol. The van der Waals surface area contributed by atoms with E-state index in [9.17, 15) is 10.1 Å². The van der Waals surface area contributed by atoms with E-state index in [1.165, 1.54) is 6.92 Å². The molecule has 0 radical (unpaired) electrons. The lowest BCUT2D eigenvalue weighted by atomic mass is 10.0. The first-order valence-electron chi connectivity index (χ1n) is 6.02. The molecule has 0 saturated carbocycles. The third-order valence-corrected chi connectivity index (χ3v) is 3.05. The maximum absolute atomic E-state index is 10.8. The van der Waals surface area contributed by atoms with Crippen LogP contribution in [0.1, 0.15) is 12.5 Å². The smallest absolute Gasteiger partial charge is 0.243 e. The molecule has 0 aromatic heterocycles. The van der Waals surface area contributed by atoms with E-state index in [-0.39, 0.29) is 10.6 Å². The van der Waals surface area contributed by atoms with Gasteiger partial charge in [-0.15, -0.1) is 0 Å².